The van der Waals surface area contributed by atoms with Crippen molar-refractivity contribution in [3.63, 3.8) is 0 Å². The lowest BCUT2D eigenvalue weighted by molar-refractivity contribution is 0.555. The average molecular weight is 407 g/mol. The van der Waals surface area contributed by atoms with E-state index in [9.17, 15) is 4.79 Å². The van der Waals surface area contributed by atoms with Crippen molar-refractivity contribution in [3.8, 4) is 0 Å². The Hall–Kier alpha value is -3.35. The smallest absolute Gasteiger partial charge is 0.250 e. The van der Waals surface area contributed by atoms with Crippen molar-refractivity contribution in [1.29, 1.82) is 0 Å². The standard InChI is InChI=1S/C23H30N6O/c1-18-15-19(2)29(27-18)14-6-12-25-23(24-3)26-16-20-8-10-21(11-9-20)17-28-13-5-4-7-22(28)30/h4-5,7-11,13,15H,6,12,14,16-17H2,1-3H3,(H2,24,25,26). The molecule has 1 aromatic carbocycles. The molecule has 7 nitrogen and oxygen atoms in total. The van der Waals surface area contributed by atoms with Gasteiger partial charge in [-0.25, -0.2) is 0 Å². The van der Waals surface area contributed by atoms with Gasteiger partial charge in [-0.15, -0.1) is 0 Å². The minimum Gasteiger partial charge on any atom is -0.356 e. The van der Waals surface area contributed by atoms with Crippen LogP contribution in [0.5, 0.6) is 0 Å². The summed E-state index contributed by atoms with van der Waals surface area (Å²) in [4.78, 5) is 16.1. The van der Waals surface area contributed by atoms with Crippen molar-refractivity contribution in [2.75, 3.05) is 13.6 Å². The van der Waals surface area contributed by atoms with Gasteiger partial charge in [0.1, 0.15) is 0 Å². The van der Waals surface area contributed by atoms with Gasteiger partial charge in [0.25, 0.3) is 5.56 Å². The Morgan fingerprint density at radius 3 is 2.50 bits per heavy atom. The van der Waals surface area contributed by atoms with E-state index in [4.69, 9.17) is 0 Å². The van der Waals surface area contributed by atoms with Crippen molar-refractivity contribution in [1.82, 2.24) is 25.0 Å². The van der Waals surface area contributed by atoms with Crippen LogP contribution in [0.3, 0.4) is 0 Å². The third-order valence-electron chi connectivity index (χ3n) is 4.90. The molecule has 0 atom stereocenters. The molecule has 0 fully saturated rings. The number of rotatable bonds is 8. The lowest BCUT2D eigenvalue weighted by atomic mass is 10.1. The number of benzene rings is 1. The Labute approximate surface area is 177 Å². The molecule has 0 radical (unpaired) electrons. The molecule has 0 amide bonds. The highest BCUT2D eigenvalue weighted by Gasteiger charge is 2.02. The molecular weight excluding hydrogens is 376 g/mol. The van der Waals surface area contributed by atoms with Crippen LogP contribution >= 0.6 is 0 Å². The second-order valence-corrected chi connectivity index (χ2v) is 7.34. The van der Waals surface area contributed by atoms with E-state index in [0.29, 0.717) is 13.1 Å². The molecule has 2 heterocycles. The number of aliphatic imine (C=N–C) groups is 1. The number of pyridine rings is 1. The van der Waals surface area contributed by atoms with Crippen LogP contribution in [0.2, 0.25) is 0 Å². The maximum atomic E-state index is 11.8. The molecule has 0 unspecified atom stereocenters. The van der Waals surface area contributed by atoms with Gasteiger partial charge in [-0.05, 0) is 43.5 Å². The summed E-state index contributed by atoms with van der Waals surface area (Å²) >= 11 is 0. The van der Waals surface area contributed by atoms with Gasteiger partial charge in [-0.3, -0.25) is 14.5 Å². The lowest BCUT2D eigenvalue weighted by Crippen LogP contribution is -2.37. The van der Waals surface area contributed by atoms with Crippen LogP contribution in [-0.2, 0) is 19.6 Å². The van der Waals surface area contributed by atoms with Crippen LogP contribution in [0.4, 0.5) is 0 Å². The molecular formula is C23H30N6O. The Kier molecular flexibility index (Phi) is 7.43. The first-order valence-electron chi connectivity index (χ1n) is 10.2. The van der Waals surface area contributed by atoms with Crippen LogP contribution in [0.25, 0.3) is 0 Å². The third kappa shape index (κ3) is 6.07. The number of nitrogens with one attached hydrogen (secondary N) is 2. The minimum absolute atomic E-state index is 0.0102. The first kappa shape index (κ1) is 21.4. The SMILES string of the molecule is CN=C(NCCCn1nc(C)cc1C)NCc1ccc(Cn2ccccc2=O)cc1. The summed E-state index contributed by atoms with van der Waals surface area (Å²) in [6, 6.07) is 15.6. The van der Waals surface area contributed by atoms with Gasteiger partial charge in [-0.1, -0.05) is 30.3 Å². The van der Waals surface area contributed by atoms with Crippen LogP contribution in [-0.4, -0.2) is 33.9 Å². The van der Waals surface area contributed by atoms with Crippen LogP contribution < -0.4 is 16.2 Å². The van der Waals surface area contributed by atoms with E-state index in [1.165, 1.54) is 5.69 Å². The summed E-state index contributed by atoms with van der Waals surface area (Å²) in [5, 5.41) is 11.2. The molecule has 2 N–H and O–H groups in total. The Balaban J connectivity index is 1.42. The zero-order valence-corrected chi connectivity index (χ0v) is 17.9. The summed E-state index contributed by atoms with van der Waals surface area (Å²) in [6.45, 7) is 7.06. The predicted molar refractivity (Wildman–Crippen MR) is 121 cm³/mol. The summed E-state index contributed by atoms with van der Waals surface area (Å²) in [5.41, 5.74) is 4.51. The van der Waals surface area contributed by atoms with Gasteiger partial charge in [0, 0.05) is 44.6 Å². The molecule has 0 spiro atoms. The molecule has 3 aromatic rings. The molecule has 0 aliphatic carbocycles. The summed E-state index contributed by atoms with van der Waals surface area (Å²) in [5.74, 6) is 0.781. The zero-order valence-electron chi connectivity index (χ0n) is 17.9. The van der Waals surface area contributed by atoms with Crippen molar-refractivity contribution in [2.45, 2.75) is 39.9 Å². The third-order valence-corrected chi connectivity index (χ3v) is 4.90. The average Bonchev–Trinajstić information content (AvgIpc) is 3.07. The number of aromatic nitrogens is 3. The molecule has 2 aromatic heterocycles. The second kappa shape index (κ2) is 10.4. The van der Waals surface area contributed by atoms with Crippen LogP contribution in [0.15, 0.2) is 64.5 Å². The highest BCUT2D eigenvalue weighted by atomic mass is 16.1. The van der Waals surface area contributed by atoms with E-state index in [-0.39, 0.29) is 5.56 Å². The first-order chi connectivity index (χ1) is 14.5. The summed E-state index contributed by atoms with van der Waals surface area (Å²) in [6.07, 6.45) is 2.78. The minimum atomic E-state index is 0.0102. The monoisotopic (exact) mass is 406 g/mol. The molecule has 3 rings (SSSR count). The topological polar surface area (TPSA) is 76.2 Å². The highest BCUT2D eigenvalue weighted by Crippen LogP contribution is 2.06. The fourth-order valence-corrected chi connectivity index (χ4v) is 3.29. The molecule has 158 valence electrons. The van der Waals surface area contributed by atoms with Gasteiger partial charge >= 0.3 is 0 Å². The fourth-order valence-electron chi connectivity index (χ4n) is 3.29. The van der Waals surface area contributed by atoms with E-state index in [1.807, 2.05) is 23.9 Å². The Morgan fingerprint density at radius 2 is 1.83 bits per heavy atom. The molecule has 0 saturated heterocycles. The zero-order chi connectivity index (χ0) is 21.3. The normalized spacial score (nSPS) is 11.5. The Morgan fingerprint density at radius 1 is 1.07 bits per heavy atom. The lowest BCUT2D eigenvalue weighted by Gasteiger charge is -2.13. The van der Waals surface area contributed by atoms with Gasteiger partial charge in [0.05, 0.1) is 12.2 Å². The van der Waals surface area contributed by atoms with Crippen molar-refractivity contribution in [2.24, 2.45) is 4.99 Å². The maximum absolute atomic E-state index is 11.8. The molecule has 0 saturated carbocycles. The quantitative estimate of drug-likeness (QED) is 0.342. The van der Waals surface area contributed by atoms with Gasteiger partial charge in [0.2, 0.25) is 0 Å². The van der Waals surface area contributed by atoms with Gasteiger partial charge in [0.15, 0.2) is 5.96 Å². The van der Waals surface area contributed by atoms with Crippen molar-refractivity contribution < 1.29 is 0 Å². The molecule has 0 aliphatic rings. The number of guanidine groups is 1. The van der Waals surface area contributed by atoms with E-state index in [2.05, 4.69) is 58.0 Å². The summed E-state index contributed by atoms with van der Waals surface area (Å²) < 4.78 is 3.74. The van der Waals surface area contributed by atoms with E-state index in [0.717, 1.165) is 42.3 Å². The largest absolute Gasteiger partial charge is 0.356 e. The van der Waals surface area contributed by atoms with Crippen molar-refractivity contribution >= 4 is 5.96 Å². The number of hydrogen-bond acceptors (Lipinski definition) is 3. The van der Waals surface area contributed by atoms with Crippen LogP contribution in [0.1, 0.15) is 28.9 Å². The van der Waals surface area contributed by atoms with Gasteiger partial charge < -0.3 is 15.2 Å². The van der Waals surface area contributed by atoms with E-state index >= 15 is 0 Å². The second-order valence-electron chi connectivity index (χ2n) is 7.34. The van der Waals surface area contributed by atoms with Crippen molar-refractivity contribution in [3.05, 3.63) is 87.6 Å². The maximum Gasteiger partial charge on any atom is 0.250 e. The highest BCUT2D eigenvalue weighted by molar-refractivity contribution is 5.79. The molecule has 7 heteroatoms. The number of aryl methyl sites for hydroxylation is 3. The summed E-state index contributed by atoms with van der Waals surface area (Å²) in [7, 11) is 1.77. The Bertz CT molecular complexity index is 1030. The number of hydrogen-bond donors (Lipinski definition) is 2. The first-order valence-corrected chi connectivity index (χ1v) is 10.2. The van der Waals surface area contributed by atoms with E-state index in [1.54, 1.807) is 23.7 Å². The predicted octanol–water partition coefficient (Wildman–Crippen LogP) is 2.47. The fraction of sp³-hybridized carbons (Fsp3) is 0.348. The molecule has 0 aliphatic heterocycles. The van der Waals surface area contributed by atoms with Crippen LogP contribution in [0, 0.1) is 13.8 Å². The molecule has 0 bridgehead atoms. The number of nitrogens with zero attached hydrogens (tertiary/aromatic N) is 4. The van der Waals surface area contributed by atoms with Gasteiger partial charge in [-0.2, -0.15) is 5.10 Å². The molecule has 30 heavy (non-hydrogen) atoms. The van der Waals surface area contributed by atoms with E-state index < -0.39 is 0 Å².